The Morgan fingerprint density at radius 1 is 1.60 bits per heavy atom. The highest BCUT2D eigenvalue weighted by Gasteiger charge is 2.32. The summed E-state index contributed by atoms with van der Waals surface area (Å²) in [7, 11) is 4.11. The van der Waals surface area contributed by atoms with Crippen LogP contribution in [-0.4, -0.2) is 66.7 Å². The molecule has 0 bridgehead atoms. The Labute approximate surface area is 90.8 Å². The van der Waals surface area contributed by atoms with E-state index in [2.05, 4.69) is 30.8 Å². The van der Waals surface area contributed by atoms with Gasteiger partial charge in [-0.2, -0.15) is 0 Å². The number of nitrogens with zero attached hydrogens (tertiary/aromatic N) is 2. The van der Waals surface area contributed by atoms with Crippen molar-refractivity contribution in [2.24, 2.45) is 11.7 Å². The quantitative estimate of drug-likeness (QED) is 0.647. The fourth-order valence-corrected chi connectivity index (χ4v) is 2.23. The van der Waals surface area contributed by atoms with Crippen LogP contribution in [0.25, 0.3) is 0 Å². The standard InChI is InChI=1S/C10H21N3O2/c1-7-4-13(5-8(11)10(14)15)6-9(7)12(2)3/h7-9H,4-6,11H2,1-3H3,(H,14,15). The highest BCUT2D eigenvalue weighted by atomic mass is 16.4. The first-order valence-electron chi connectivity index (χ1n) is 5.29. The topological polar surface area (TPSA) is 69.8 Å². The van der Waals surface area contributed by atoms with E-state index in [1.54, 1.807) is 0 Å². The van der Waals surface area contributed by atoms with Crippen LogP contribution in [0.1, 0.15) is 6.92 Å². The van der Waals surface area contributed by atoms with Crippen molar-refractivity contribution in [1.29, 1.82) is 0 Å². The molecule has 0 saturated carbocycles. The van der Waals surface area contributed by atoms with E-state index in [-0.39, 0.29) is 0 Å². The number of rotatable bonds is 4. The number of hydrogen-bond donors (Lipinski definition) is 2. The molecule has 0 aromatic rings. The Bertz CT molecular complexity index is 233. The number of carbonyl (C=O) groups is 1. The number of likely N-dealkylation sites (N-methyl/N-ethyl adjacent to an activating group) is 1. The maximum absolute atomic E-state index is 10.6. The zero-order chi connectivity index (χ0) is 11.6. The average Bonchev–Trinajstić information content (AvgIpc) is 2.46. The minimum absolute atomic E-state index is 0.448. The zero-order valence-electron chi connectivity index (χ0n) is 9.68. The second-order valence-electron chi connectivity index (χ2n) is 4.67. The SMILES string of the molecule is CC1CN(CC(N)C(=O)O)CC1N(C)C. The van der Waals surface area contributed by atoms with Crippen molar-refractivity contribution in [1.82, 2.24) is 9.80 Å². The van der Waals surface area contributed by atoms with Gasteiger partial charge in [-0.3, -0.25) is 9.69 Å². The van der Waals surface area contributed by atoms with Gasteiger partial charge in [-0.05, 0) is 20.0 Å². The first-order chi connectivity index (χ1) is 6.91. The van der Waals surface area contributed by atoms with Crippen molar-refractivity contribution in [3.05, 3.63) is 0 Å². The van der Waals surface area contributed by atoms with Crippen molar-refractivity contribution >= 4 is 5.97 Å². The Balaban J connectivity index is 2.45. The van der Waals surface area contributed by atoms with E-state index in [9.17, 15) is 4.79 Å². The highest BCUT2D eigenvalue weighted by molar-refractivity contribution is 5.73. The lowest BCUT2D eigenvalue weighted by atomic mass is 10.1. The third-order valence-corrected chi connectivity index (χ3v) is 3.08. The largest absolute Gasteiger partial charge is 0.480 e. The molecule has 15 heavy (non-hydrogen) atoms. The van der Waals surface area contributed by atoms with E-state index in [1.165, 1.54) is 0 Å². The van der Waals surface area contributed by atoms with Crippen molar-refractivity contribution in [3.63, 3.8) is 0 Å². The number of carboxylic acids is 1. The molecule has 3 N–H and O–H groups in total. The molecule has 1 rings (SSSR count). The molecular formula is C10H21N3O2. The Morgan fingerprint density at radius 2 is 2.20 bits per heavy atom. The second-order valence-corrected chi connectivity index (χ2v) is 4.67. The third kappa shape index (κ3) is 3.15. The van der Waals surface area contributed by atoms with Gasteiger partial charge in [0.05, 0.1) is 0 Å². The number of nitrogens with two attached hydrogens (primary N) is 1. The van der Waals surface area contributed by atoms with Crippen molar-refractivity contribution in [2.45, 2.75) is 19.0 Å². The first kappa shape index (κ1) is 12.4. The molecule has 0 aromatic carbocycles. The van der Waals surface area contributed by atoms with Crippen LogP contribution in [-0.2, 0) is 4.79 Å². The smallest absolute Gasteiger partial charge is 0.321 e. The molecule has 0 aliphatic carbocycles. The summed E-state index contributed by atoms with van der Waals surface area (Å²) >= 11 is 0. The molecule has 0 aromatic heterocycles. The van der Waals surface area contributed by atoms with Crippen LogP contribution in [0.5, 0.6) is 0 Å². The maximum atomic E-state index is 10.6. The number of carboxylic acid groups (broad SMARTS) is 1. The molecule has 0 spiro atoms. The Kier molecular flexibility index (Phi) is 4.07. The van der Waals surface area contributed by atoms with E-state index in [0.717, 1.165) is 13.1 Å². The lowest BCUT2D eigenvalue weighted by Gasteiger charge is -2.23. The fourth-order valence-electron chi connectivity index (χ4n) is 2.23. The summed E-state index contributed by atoms with van der Waals surface area (Å²) in [5.74, 6) is -0.350. The van der Waals surface area contributed by atoms with Crippen LogP contribution in [0, 0.1) is 5.92 Å². The van der Waals surface area contributed by atoms with Gasteiger partial charge in [0.2, 0.25) is 0 Å². The van der Waals surface area contributed by atoms with E-state index in [4.69, 9.17) is 10.8 Å². The Hall–Kier alpha value is -0.650. The van der Waals surface area contributed by atoms with E-state index >= 15 is 0 Å². The molecule has 1 aliphatic heterocycles. The van der Waals surface area contributed by atoms with Gasteiger partial charge in [0.25, 0.3) is 0 Å². The summed E-state index contributed by atoms with van der Waals surface area (Å²) in [5.41, 5.74) is 5.51. The predicted octanol–water partition coefficient (Wildman–Crippen LogP) is -0.720. The molecule has 0 amide bonds. The molecule has 3 unspecified atom stereocenters. The summed E-state index contributed by atoms with van der Waals surface area (Å²) in [6.07, 6.45) is 0. The third-order valence-electron chi connectivity index (χ3n) is 3.08. The molecule has 3 atom stereocenters. The van der Waals surface area contributed by atoms with Crippen LogP contribution in [0.4, 0.5) is 0 Å². The van der Waals surface area contributed by atoms with Crippen LogP contribution in [0.15, 0.2) is 0 Å². The van der Waals surface area contributed by atoms with Gasteiger partial charge in [-0.15, -0.1) is 0 Å². The molecule has 88 valence electrons. The van der Waals surface area contributed by atoms with Gasteiger partial charge in [0.1, 0.15) is 6.04 Å². The van der Waals surface area contributed by atoms with Crippen LogP contribution in [0.2, 0.25) is 0 Å². The van der Waals surface area contributed by atoms with Crippen LogP contribution in [0.3, 0.4) is 0 Å². The monoisotopic (exact) mass is 215 g/mol. The lowest BCUT2D eigenvalue weighted by Crippen LogP contribution is -2.42. The van der Waals surface area contributed by atoms with Gasteiger partial charge in [0.15, 0.2) is 0 Å². The lowest BCUT2D eigenvalue weighted by molar-refractivity contribution is -0.138. The summed E-state index contributed by atoms with van der Waals surface area (Å²) in [6.45, 7) is 4.49. The number of likely N-dealkylation sites (tertiary alicyclic amines) is 1. The maximum Gasteiger partial charge on any atom is 0.321 e. The molecule has 0 radical (unpaired) electrons. The normalized spacial score (nSPS) is 29.7. The molecule has 5 heteroatoms. The van der Waals surface area contributed by atoms with E-state index in [0.29, 0.717) is 18.5 Å². The van der Waals surface area contributed by atoms with Gasteiger partial charge >= 0.3 is 5.97 Å². The second kappa shape index (κ2) is 4.92. The van der Waals surface area contributed by atoms with Crippen molar-refractivity contribution in [2.75, 3.05) is 33.7 Å². The summed E-state index contributed by atoms with van der Waals surface area (Å²) in [5, 5.41) is 8.72. The van der Waals surface area contributed by atoms with Gasteiger partial charge < -0.3 is 15.7 Å². The minimum atomic E-state index is -0.920. The highest BCUT2D eigenvalue weighted by Crippen LogP contribution is 2.19. The first-order valence-corrected chi connectivity index (χ1v) is 5.29. The number of aliphatic carboxylic acids is 1. The van der Waals surface area contributed by atoms with E-state index < -0.39 is 12.0 Å². The fraction of sp³-hybridized carbons (Fsp3) is 0.900. The molecule has 1 saturated heterocycles. The molecule has 1 heterocycles. The molecule has 5 nitrogen and oxygen atoms in total. The summed E-state index contributed by atoms with van der Waals surface area (Å²) in [4.78, 5) is 14.9. The Morgan fingerprint density at radius 3 is 2.60 bits per heavy atom. The van der Waals surface area contributed by atoms with Crippen LogP contribution < -0.4 is 5.73 Å². The van der Waals surface area contributed by atoms with E-state index in [1.807, 2.05) is 0 Å². The summed E-state index contributed by atoms with van der Waals surface area (Å²) in [6, 6.07) is -0.260. The van der Waals surface area contributed by atoms with Gasteiger partial charge in [0, 0.05) is 25.7 Å². The number of hydrogen-bond acceptors (Lipinski definition) is 4. The van der Waals surface area contributed by atoms with Crippen molar-refractivity contribution < 1.29 is 9.90 Å². The minimum Gasteiger partial charge on any atom is -0.480 e. The summed E-state index contributed by atoms with van der Waals surface area (Å²) < 4.78 is 0. The average molecular weight is 215 g/mol. The van der Waals surface area contributed by atoms with Gasteiger partial charge in [-0.1, -0.05) is 6.92 Å². The van der Waals surface area contributed by atoms with Crippen molar-refractivity contribution in [3.8, 4) is 0 Å². The zero-order valence-corrected chi connectivity index (χ0v) is 9.68. The molecule has 1 fully saturated rings. The van der Waals surface area contributed by atoms with Gasteiger partial charge in [-0.25, -0.2) is 0 Å². The molecular weight excluding hydrogens is 194 g/mol. The molecule has 1 aliphatic rings. The van der Waals surface area contributed by atoms with Crippen LogP contribution >= 0.6 is 0 Å². The predicted molar refractivity (Wildman–Crippen MR) is 58.7 cm³/mol.